The molecule has 4 heteroatoms. The monoisotopic (exact) mass is 166 g/mol. The van der Waals surface area contributed by atoms with Crippen LogP contribution < -0.4 is 0 Å². The van der Waals surface area contributed by atoms with E-state index in [-0.39, 0.29) is 6.10 Å². The van der Waals surface area contributed by atoms with E-state index in [4.69, 9.17) is 9.84 Å². The van der Waals surface area contributed by atoms with Gasteiger partial charge in [0.05, 0.1) is 12.2 Å². The molecular formula is C7H12F2O2. The molecule has 0 bridgehead atoms. The number of hydrogen-bond donors (Lipinski definition) is 1. The van der Waals surface area contributed by atoms with Gasteiger partial charge in [-0.15, -0.1) is 0 Å². The first-order chi connectivity index (χ1) is 5.20. The highest BCUT2D eigenvalue weighted by atomic mass is 19.3. The number of halogens is 2. The molecule has 1 N–H and O–H groups in total. The number of rotatable bonds is 3. The molecule has 2 atom stereocenters. The number of hydrogen-bond acceptors (Lipinski definition) is 2. The lowest BCUT2D eigenvalue weighted by atomic mass is 10.3. The Labute approximate surface area is 64.2 Å². The van der Waals surface area contributed by atoms with E-state index in [1.165, 1.54) is 0 Å². The standard InChI is InChI=1S/C7H12F2O2/c8-7(9)4-11-6-3-1-2-5(6)10/h5-7,10H,1-4H2/t5-,6-/m1/s1. The van der Waals surface area contributed by atoms with E-state index in [9.17, 15) is 8.78 Å². The van der Waals surface area contributed by atoms with Crippen LogP contribution in [0.4, 0.5) is 8.78 Å². The molecule has 1 fully saturated rings. The molecule has 0 radical (unpaired) electrons. The summed E-state index contributed by atoms with van der Waals surface area (Å²) in [6.07, 6.45) is -1.07. The van der Waals surface area contributed by atoms with E-state index >= 15 is 0 Å². The summed E-state index contributed by atoms with van der Waals surface area (Å²) in [5.41, 5.74) is 0. The highest BCUT2D eigenvalue weighted by Crippen LogP contribution is 2.22. The Hall–Kier alpha value is -0.220. The molecule has 0 aromatic carbocycles. The van der Waals surface area contributed by atoms with Crippen LogP contribution in [0.15, 0.2) is 0 Å². The van der Waals surface area contributed by atoms with Crippen molar-refractivity contribution >= 4 is 0 Å². The van der Waals surface area contributed by atoms with Gasteiger partial charge in [0, 0.05) is 0 Å². The van der Waals surface area contributed by atoms with Gasteiger partial charge in [0.1, 0.15) is 6.61 Å². The molecule has 0 aliphatic heterocycles. The number of alkyl halides is 2. The van der Waals surface area contributed by atoms with Crippen molar-refractivity contribution in [1.29, 1.82) is 0 Å². The van der Waals surface area contributed by atoms with Gasteiger partial charge in [-0.25, -0.2) is 8.78 Å². The van der Waals surface area contributed by atoms with Crippen molar-refractivity contribution in [1.82, 2.24) is 0 Å². The topological polar surface area (TPSA) is 29.5 Å². The fourth-order valence-electron chi connectivity index (χ4n) is 1.30. The van der Waals surface area contributed by atoms with Crippen molar-refractivity contribution in [2.75, 3.05) is 6.61 Å². The quantitative estimate of drug-likeness (QED) is 0.682. The maximum Gasteiger partial charge on any atom is 0.261 e. The van der Waals surface area contributed by atoms with Crippen molar-refractivity contribution in [3.63, 3.8) is 0 Å². The van der Waals surface area contributed by atoms with E-state index in [1.54, 1.807) is 0 Å². The molecule has 2 nitrogen and oxygen atoms in total. The third-order valence-electron chi connectivity index (χ3n) is 1.85. The van der Waals surface area contributed by atoms with Crippen LogP contribution in [0.1, 0.15) is 19.3 Å². The Bertz CT molecular complexity index is 119. The second-order valence-corrected chi connectivity index (χ2v) is 2.76. The minimum atomic E-state index is -2.43. The molecule has 0 aromatic heterocycles. The van der Waals surface area contributed by atoms with Crippen molar-refractivity contribution in [3.05, 3.63) is 0 Å². The van der Waals surface area contributed by atoms with E-state index in [1.807, 2.05) is 0 Å². The number of ether oxygens (including phenoxy) is 1. The fraction of sp³-hybridized carbons (Fsp3) is 1.00. The molecule has 0 amide bonds. The van der Waals surface area contributed by atoms with E-state index < -0.39 is 19.1 Å². The summed E-state index contributed by atoms with van der Waals surface area (Å²) in [5, 5.41) is 9.13. The van der Waals surface area contributed by atoms with Crippen LogP contribution in [-0.2, 0) is 4.74 Å². The average molecular weight is 166 g/mol. The van der Waals surface area contributed by atoms with Gasteiger partial charge in [0.15, 0.2) is 0 Å². The van der Waals surface area contributed by atoms with Crippen molar-refractivity contribution in [3.8, 4) is 0 Å². The normalized spacial score (nSPS) is 31.6. The summed E-state index contributed by atoms with van der Waals surface area (Å²) >= 11 is 0. The maximum absolute atomic E-state index is 11.6. The largest absolute Gasteiger partial charge is 0.390 e. The molecule has 1 aliphatic rings. The van der Waals surface area contributed by atoms with Crippen molar-refractivity contribution < 1.29 is 18.6 Å². The fourth-order valence-corrected chi connectivity index (χ4v) is 1.30. The molecule has 0 heterocycles. The molecule has 0 aromatic rings. The maximum atomic E-state index is 11.6. The first-order valence-corrected chi connectivity index (χ1v) is 3.78. The zero-order valence-corrected chi connectivity index (χ0v) is 6.17. The summed E-state index contributed by atoms with van der Waals surface area (Å²) in [5.74, 6) is 0. The third kappa shape index (κ3) is 2.71. The molecule has 0 saturated heterocycles. The second kappa shape index (κ2) is 3.97. The molecule has 0 spiro atoms. The minimum Gasteiger partial charge on any atom is -0.390 e. The Kier molecular flexibility index (Phi) is 3.20. The van der Waals surface area contributed by atoms with Gasteiger partial charge in [0.2, 0.25) is 0 Å². The Balaban J connectivity index is 2.15. The van der Waals surface area contributed by atoms with Gasteiger partial charge in [-0.3, -0.25) is 0 Å². The second-order valence-electron chi connectivity index (χ2n) is 2.76. The zero-order valence-electron chi connectivity index (χ0n) is 6.17. The summed E-state index contributed by atoms with van der Waals surface area (Å²) in [4.78, 5) is 0. The van der Waals surface area contributed by atoms with Crippen molar-refractivity contribution in [2.45, 2.75) is 37.9 Å². The lowest BCUT2D eigenvalue weighted by Crippen LogP contribution is -2.24. The van der Waals surface area contributed by atoms with Gasteiger partial charge in [-0.2, -0.15) is 0 Å². The Morgan fingerprint density at radius 2 is 2.18 bits per heavy atom. The summed E-state index contributed by atoms with van der Waals surface area (Å²) in [6.45, 7) is -0.554. The highest BCUT2D eigenvalue weighted by molar-refractivity contribution is 4.76. The molecule has 0 unspecified atom stereocenters. The van der Waals surface area contributed by atoms with Gasteiger partial charge in [-0.1, -0.05) is 0 Å². The summed E-state index contributed by atoms with van der Waals surface area (Å²) in [6, 6.07) is 0. The van der Waals surface area contributed by atoms with E-state index in [0.29, 0.717) is 12.8 Å². The van der Waals surface area contributed by atoms with Crippen LogP contribution in [0.3, 0.4) is 0 Å². The van der Waals surface area contributed by atoms with Crippen LogP contribution in [-0.4, -0.2) is 30.3 Å². The Morgan fingerprint density at radius 3 is 2.64 bits per heavy atom. The Morgan fingerprint density at radius 1 is 1.45 bits per heavy atom. The first kappa shape index (κ1) is 8.87. The van der Waals surface area contributed by atoms with Crippen LogP contribution in [0, 0.1) is 0 Å². The smallest absolute Gasteiger partial charge is 0.261 e. The molecule has 1 aliphatic carbocycles. The van der Waals surface area contributed by atoms with Crippen LogP contribution in [0.2, 0.25) is 0 Å². The van der Waals surface area contributed by atoms with Gasteiger partial charge in [0.25, 0.3) is 6.43 Å². The lowest BCUT2D eigenvalue weighted by Gasteiger charge is -2.14. The number of aliphatic hydroxyl groups excluding tert-OH is 1. The summed E-state index contributed by atoms with van der Waals surface area (Å²) < 4.78 is 28.0. The SMILES string of the molecule is O[C@@H]1CCC[C@H]1OCC(F)F. The van der Waals surface area contributed by atoms with Crippen LogP contribution >= 0.6 is 0 Å². The van der Waals surface area contributed by atoms with Gasteiger partial charge in [-0.05, 0) is 19.3 Å². The zero-order chi connectivity index (χ0) is 8.27. The highest BCUT2D eigenvalue weighted by Gasteiger charge is 2.26. The van der Waals surface area contributed by atoms with Crippen LogP contribution in [0.5, 0.6) is 0 Å². The first-order valence-electron chi connectivity index (χ1n) is 3.78. The molecule has 1 saturated carbocycles. The van der Waals surface area contributed by atoms with Gasteiger partial charge >= 0.3 is 0 Å². The average Bonchev–Trinajstić information content (AvgIpc) is 2.31. The molecular weight excluding hydrogens is 154 g/mol. The van der Waals surface area contributed by atoms with E-state index in [0.717, 1.165) is 6.42 Å². The third-order valence-corrected chi connectivity index (χ3v) is 1.85. The van der Waals surface area contributed by atoms with Crippen LogP contribution in [0.25, 0.3) is 0 Å². The number of aliphatic hydroxyl groups is 1. The minimum absolute atomic E-state index is 0.357. The van der Waals surface area contributed by atoms with E-state index in [2.05, 4.69) is 0 Å². The molecule has 1 rings (SSSR count). The molecule has 11 heavy (non-hydrogen) atoms. The lowest BCUT2D eigenvalue weighted by molar-refractivity contribution is -0.0615. The predicted octanol–water partition coefficient (Wildman–Crippen LogP) is 1.18. The molecule has 66 valence electrons. The van der Waals surface area contributed by atoms with Gasteiger partial charge < -0.3 is 9.84 Å². The summed E-state index contributed by atoms with van der Waals surface area (Å²) in [7, 11) is 0. The predicted molar refractivity (Wildman–Crippen MR) is 35.6 cm³/mol. The van der Waals surface area contributed by atoms with Crippen molar-refractivity contribution in [2.24, 2.45) is 0 Å².